The summed E-state index contributed by atoms with van der Waals surface area (Å²) in [4.78, 5) is 28.2. The van der Waals surface area contributed by atoms with Gasteiger partial charge in [-0.1, -0.05) is 6.92 Å². The fourth-order valence-corrected chi connectivity index (χ4v) is 5.25. The highest BCUT2D eigenvalue weighted by Gasteiger charge is 2.73. The highest BCUT2D eigenvalue weighted by molar-refractivity contribution is 8.02. The van der Waals surface area contributed by atoms with Crippen LogP contribution in [0.15, 0.2) is 0 Å². The Morgan fingerprint density at radius 1 is 1.18 bits per heavy atom. The molecule has 3 aliphatic rings. The van der Waals surface area contributed by atoms with Crippen LogP contribution in [0.1, 0.15) is 27.2 Å². The molecule has 94 valence electrons. The van der Waals surface area contributed by atoms with E-state index < -0.39 is 10.4 Å². The Hall–Kier alpha value is -0.710. The van der Waals surface area contributed by atoms with Gasteiger partial charge in [0.25, 0.3) is 0 Å². The van der Waals surface area contributed by atoms with Crippen molar-refractivity contribution in [1.82, 2.24) is 9.80 Å². The number of nitrogens with zero attached hydrogens (tertiary/aromatic N) is 2. The maximum atomic E-state index is 12.5. The zero-order valence-electron chi connectivity index (χ0n) is 10.7. The van der Waals surface area contributed by atoms with Gasteiger partial charge in [-0.05, 0) is 20.3 Å². The van der Waals surface area contributed by atoms with Gasteiger partial charge in [0.05, 0.1) is 0 Å². The minimum atomic E-state index is -0.901. The Morgan fingerprint density at radius 2 is 1.82 bits per heavy atom. The molecule has 2 unspecified atom stereocenters. The van der Waals surface area contributed by atoms with Crippen LogP contribution >= 0.6 is 11.8 Å². The molecule has 3 heterocycles. The molecule has 3 saturated heterocycles. The van der Waals surface area contributed by atoms with E-state index in [-0.39, 0.29) is 17.2 Å². The summed E-state index contributed by atoms with van der Waals surface area (Å²) in [5.74, 6) is 0.991. The molecule has 0 bridgehead atoms. The lowest BCUT2D eigenvalue weighted by atomic mass is 9.81. The van der Waals surface area contributed by atoms with Crippen LogP contribution in [0, 0.1) is 10.8 Å². The second-order valence-corrected chi connectivity index (χ2v) is 7.30. The summed E-state index contributed by atoms with van der Waals surface area (Å²) >= 11 is 1.73. The van der Waals surface area contributed by atoms with Gasteiger partial charge < -0.3 is 9.80 Å². The molecule has 17 heavy (non-hydrogen) atoms. The Labute approximate surface area is 106 Å². The quantitative estimate of drug-likeness (QED) is 0.608. The molecular weight excluding hydrogens is 236 g/mol. The normalized spacial score (nSPS) is 43.3. The van der Waals surface area contributed by atoms with Crippen molar-refractivity contribution in [2.75, 3.05) is 19.3 Å². The monoisotopic (exact) mass is 254 g/mol. The lowest BCUT2D eigenvalue weighted by Gasteiger charge is -2.63. The molecule has 4 nitrogen and oxygen atoms in total. The van der Waals surface area contributed by atoms with Crippen LogP contribution in [0.5, 0.6) is 0 Å². The minimum Gasteiger partial charge on any atom is -0.312 e. The second-order valence-electron chi connectivity index (χ2n) is 6.15. The molecule has 5 heteroatoms. The molecule has 3 fully saturated rings. The first kappa shape index (κ1) is 11.4. The molecule has 3 aliphatic heterocycles. The topological polar surface area (TPSA) is 40.6 Å². The Bertz CT molecular complexity index is 436. The predicted molar refractivity (Wildman–Crippen MR) is 66.2 cm³/mol. The smallest absolute Gasteiger partial charge is 0.240 e. The summed E-state index contributed by atoms with van der Waals surface area (Å²) in [5, 5.41) is 0. The average molecular weight is 254 g/mol. The number of amides is 2. The standard InChI is InChI=1S/C12H18N2O2S/c1-10(2)8(15)13(4)12-11(3,7-17-12)5-6-14(12)9(10)16/h5-7H2,1-4H3. The SMILES string of the molecule is CN1C(=O)C(C)(C)C(=O)N2CCC3(C)CSC123. The van der Waals surface area contributed by atoms with E-state index in [0.29, 0.717) is 0 Å². The van der Waals surface area contributed by atoms with Gasteiger partial charge in [-0.15, -0.1) is 11.8 Å². The third kappa shape index (κ3) is 0.951. The Balaban J connectivity index is 2.13. The van der Waals surface area contributed by atoms with Crippen LogP contribution in [0.2, 0.25) is 0 Å². The third-order valence-electron chi connectivity index (χ3n) is 4.71. The molecule has 0 radical (unpaired) electrons. The fraction of sp³-hybridized carbons (Fsp3) is 0.833. The maximum Gasteiger partial charge on any atom is 0.240 e. The van der Waals surface area contributed by atoms with Crippen LogP contribution in [0.3, 0.4) is 0 Å². The fourth-order valence-electron chi connectivity index (χ4n) is 3.50. The number of carbonyl (C=O) groups is 2. The van der Waals surface area contributed by atoms with Gasteiger partial charge in [0.1, 0.15) is 5.41 Å². The summed E-state index contributed by atoms with van der Waals surface area (Å²) in [6, 6.07) is 0. The van der Waals surface area contributed by atoms with Crippen molar-refractivity contribution in [3.05, 3.63) is 0 Å². The van der Waals surface area contributed by atoms with Crippen molar-refractivity contribution in [1.29, 1.82) is 0 Å². The summed E-state index contributed by atoms with van der Waals surface area (Å²) in [5.41, 5.74) is -0.824. The lowest BCUT2D eigenvalue weighted by Crippen LogP contribution is -2.76. The molecule has 3 rings (SSSR count). The van der Waals surface area contributed by atoms with E-state index in [2.05, 4.69) is 6.92 Å². The van der Waals surface area contributed by atoms with Crippen molar-refractivity contribution in [3.63, 3.8) is 0 Å². The van der Waals surface area contributed by atoms with Crippen LogP contribution in [-0.4, -0.2) is 46.0 Å². The summed E-state index contributed by atoms with van der Waals surface area (Å²) in [6.45, 7) is 6.45. The molecule has 2 atom stereocenters. The molecule has 0 N–H and O–H groups in total. The first-order valence-corrected chi connectivity index (χ1v) is 7.00. The van der Waals surface area contributed by atoms with E-state index >= 15 is 0 Å². The molecule has 0 saturated carbocycles. The number of rotatable bonds is 0. The van der Waals surface area contributed by atoms with Gasteiger partial charge >= 0.3 is 0 Å². The first-order chi connectivity index (χ1) is 7.77. The number of carbonyl (C=O) groups excluding carboxylic acids is 2. The van der Waals surface area contributed by atoms with E-state index in [1.807, 2.05) is 16.8 Å². The van der Waals surface area contributed by atoms with Crippen LogP contribution in [0.4, 0.5) is 0 Å². The van der Waals surface area contributed by atoms with Crippen molar-refractivity contribution in [2.45, 2.75) is 32.2 Å². The van der Waals surface area contributed by atoms with Crippen LogP contribution < -0.4 is 0 Å². The number of thioether (sulfide) groups is 1. The zero-order valence-corrected chi connectivity index (χ0v) is 11.6. The molecular formula is C12H18N2O2S. The minimum absolute atomic E-state index is 0.00322. The predicted octanol–water partition coefficient (Wildman–Crippen LogP) is 1.12. The van der Waals surface area contributed by atoms with E-state index in [0.717, 1.165) is 18.7 Å². The second kappa shape index (κ2) is 2.82. The highest BCUT2D eigenvalue weighted by atomic mass is 32.2. The first-order valence-electron chi connectivity index (χ1n) is 6.02. The van der Waals surface area contributed by atoms with Gasteiger partial charge in [0, 0.05) is 24.8 Å². The lowest BCUT2D eigenvalue weighted by molar-refractivity contribution is -0.178. The van der Waals surface area contributed by atoms with E-state index in [1.165, 1.54) is 0 Å². The van der Waals surface area contributed by atoms with Gasteiger partial charge in [0.15, 0.2) is 4.99 Å². The van der Waals surface area contributed by atoms with Gasteiger partial charge in [-0.25, -0.2) is 0 Å². The van der Waals surface area contributed by atoms with Crippen molar-refractivity contribution in [2.24, 2.45) is 10.8 Å². The summed E-state index contributed by atoms with van der Waals surface area (Å²) in [6.07, 6.45) is 0.999. The molecule has 0 aromatic heterocycles. The Kier molecular flexibility index (Phi) is 1.89. The van der Waals surface area contributed by atoms with Crippen molar-refractivity contribution < 1.29 is 9.59 Å². The summed E-state index contributed by atoms with van der Waals surface area (Å²) in [7, 11) is 1.85. The molecule has 0 aromatic carbocycles. The van der Waals surface area contributed by atoms with Crippen molar-refractivity contribution in [3.8, 4) is 0 Å². The zero-order chi connectivity index (χ0) is 12.6. The van der Waals surface area contributed by atoms with Crippen molar-refractivity contribution >= 4 is 23.6 Å². The van der Waals surface area contributed by atoms with E-state index in [4.69, 9.17) is 0 Å². The number of hydrogen-bond acceptors (Lipinski definition) is 3. The average Bonchev–Trinajstić information content (AvgIpc) is 2.46. The Morgan fingerprint density at radius 3 is 2.35 bits per heavy atom. The molecule has 0 aromatic rings. The van der Waals surface area contributed by atoms with Crippen LogP contribution in [-0.2, 0) is 9.59 Å². The highest BCUT2D eigenvalue weighted by Crippen LogP contribution is 2.66. The van der Waals surface area contributed by atoms with Gasteiger partial charge in [0.2, 0.25) is 11.8 Å². The summed E-state index contributed by atoms with van der Waals surface area (Å²) < 4.78 is 0. The maximum absolute atomic E-state index is 12.5. The third-order valence-corrected chi connectivity index (χ3v) is 6.88. The van der Waals surface area contributed by atoms with Gasteiger partial charge in [-0.3, -0.25) is 9.59 Å². The van der Waals surface area contributed by atoms with E-state index in [9.17, 15) is 9.59 Å². The van der Waals surface area contributed by atoms with E-state index in [1.54, 1.807) is 25.6 Å². The molecule has 0 aliphatic carbocycles. The molecule has 1 spiro atoms. The largest absolute Gasteiger partial charge is 0.312 e. The number of hydrogen-bond donors (Lipinski definition) is 0. The van der Waals surface area contributed by atoms with Gasteiger partial charge in [-0.2, -0.15) is 0 Å². The van der Waals surface area contributed by atoms with Crippen LogP contribution in [0.25, 0.3) is 0 Å². The molecule has 2 amide bonds.